The van der Waals surface area contributed by atoms with E-state index in [4.69, 9.17) is 0 Å². The predicted octanol–water partition coefficient (Wildman–Crippen LogP) is 3.44. The molecule has 0 bridgehead atoms. The largest absolute Gasteiger partial charge is 0.224 e. The van der Waals surface area contributed by atoms with Gasteiger partial charge in [0.1, 0.15) is 0 Å². The molecule has 0 aromatic heterocycles. The van der Waals surface area contributed by atoms with Crippen molar-refractivity contribution in [3.05, 3.63) is 29.8 Å². The normalized spacial score (nSPS) is 13.9. The maximum atomic E-state index is 12.2. The van der Waals surface area contributed by atoms with Crippen LogP contribution in [0.3, 0.4) is 0 Å². The Hall–Kier alpha value is -0.350. The van der Waals surface area contributed by atoms with Gasteiger partial charge < -0.3 is 0 Å². The zero-order valence-electron chi connectivity index (χ0n) is 10.5. The van der Waals surface area contributed by atoms with Gasteiger partial charge in [-0.3, -0.25) is 0 Å². The number of sulfone groups is 1. The second-order valence-corrected chi connectivity index (χ2v) is 7.44. The van der Waals surface area contributed by atoms with Gasteiger partial charge in [-0.1, -0.05) is 41.9 Å². The highest BCUT2D eigenvalue weighted by molar-refractivity contribution is 9.09. The molecule has 1 atom stereocenters. The summed E-state index contributed by atoms with van der Waals surface area (Å²) >= 11 is 3.39. The van der Waals surface area contributed by atoms with Gasteiger partial charge in [0, 0.05) is 5.33 Å². The summed E-state index contributed by atoms with van der Waals surface area (Å²) in [6.45, 7) is 6.01. The number of aryl methyl sites for hydroxylation is 1. The lowest BCUT2D eigenvalue weighted by atomic mass is 10.0. The molecule has 1 unspecified atom stereocenters. The van der Waals surface area contributed by atoms with Crippen molar-refractivity contribution in [2.24, 2.45) is 11.8 Å². The molecule has 0 radical (unpaired) electrons. The summed E-state index contributed by atoms with van der Waals surface area (Å²) in [5.74, 6) is 0.716. The Morgan fingerprint density at radius 3 is 2.41 bits per heavy atom. The zero-order valence-corrected chi connectivity index (χ0v) is 12.9. The molecule has 1 aromatic carbocycles. The quantitative estimate of drug-likeness (QED) is 0.779. The molecule has 0 aliphatic carbocycles. The second kappa shape index (κ2) is 6.01. The number of halogens is 1. The number of benzene rings is 1. The molecule has 0 N–H and O–H groups in total. The van der Waals surface area contributed by atoms with Gasteiger partial charge in [0.2, 0.25) is 0 Å². The summed E-state index contributed by atoms with van der Waals surface area (Å²) in [4.78, 5) is 0.434. The number of hydrogen-bond acceptors (Lipinski definition) is 2. The first-order valence-electron chi connectivity index (χ1n) is 5.72. The fourth-order valence-corrected chi connectivity index (χ4v) is 4.79. The highest BCUT2D eigenvalue weighted by atomic mass is 79.9. The van der Waals surface area contributed by atoms with Gasteiger partial charge >= 0.3 is 0 Å². The molecule has 0 aliphatic heterocycles. The van der Waals surface area contributed by atoms with Crippen LogP contribution in [0.5, 0.6) is 0 Å². The standard InChI is InChI=1S/C13H19BrO2S/c1-10(2)12(8-14)9-17(15,16)13-6-4-5-11(3)7-13/h4-7,10,12H,8-9H2,1-3H3. The van der Waals surface area contributed by atoms with Crippen molar-refractivity contribution in [2.45, 2.75) is 25.7 Å². The van der Waals surface area contributed by atoms with Gasteiger partial charge in [-0.05, 0) is 36.5 Å². The maximum Gasteiger partial charge on any atom is 0.178 e. The van der Waals surface area contributed by atoms with E-state index in [0.29, 0.717) is 10.8 Å². The SMILES string of the molecule is Cc1cccc(S(=O)(=O)CC(CBr)C(C)C)c1. The Labute approximate surface area is 112 Å². The summed E-state index contributed by atoms with van der Waals surface area (Å²) in [6, 6.07) is 7.11. The molecular weight excluding hydrogens is 300 g/mol. The zero-order chi connectivity index (χ0) is 13.1. The third kappa shape index (κ3) is 4.11. The first-order chi connectivity index (χ1) is 7.86. The van der Waals surface area contributed by atoms with Crippen LogP contribution in [-0.2, 0) is 9.84 Å². The van der Waals surface area contributed by atoms with Crippen molar-refractivity contribution >= 4 is 25.8 Å². The van der Waals surface area contributed by atoms with E-state index in [1.165, 1.54) is 0 Å². The molecule has 17 heavy (non-hydrogen) atoms. The molecule has 0 fully saturated rings. The predicted molar refractivity (Wildman–Crippen MR) is 75.4 cm³/mol. The van der Waals surface area contributed by atoms with Crippen LogP contribution in [0.2, 0.25) is 0 Å². The van der Waals surface area contributed by atoms with E-state index in [2.05, 4.69) is 29.8 Å². The fraction of sp³-hybridized carbons (Fsp3) is 0.538. The smallest absolute Gasteiger partial charge is 0.178 e. The molecule has 0 saturated carbocycles. The first-order valence-corrected chi connectivity index (χ1v) is 8.49. The number of hydrogen-bond donors (Lipinski definition) is 0. The van der Waals surface area contributed by atoms with Crippen LogP contribution in [0.4, 0.5) is 0 Å². The summed E-state index contributed by atoms with van der Waals surface area (Å²) in [6.07, 6.45) is 0. The van der Waals surface area contributed by atoms with Gasteiger partial charge in [0.25, 0.3) is 0 Å². The van der Waals surface area contributed by atoms with Crippen LogP contribution in [0, 0.1) is 18.8 Å². The molecule has 1 aromatic rings. The molecule has 0 amide bonds. The van der Waals surface area contributed by atoms with Crippen LogP contribution in [0.15, 0.2) is 29.2 Å². The average Bonchev–Trinajstić information content (AvgIpc) is 2.25. The fourth-order valence-electron chi connectivity index (χ4n) is 1.60. The van der Waals surface area contributed by atoms with Crippen LogP contribution < -0.4 is 0 Å². The first kappa shape index (κ1) is 14.7. The van der Waals surface area contributed by atoms with Gasteiger partial charge in [-0.15, -0.1) is 0 Å². The summed E-state index contributed by atoms with van der Waals surface area (Å²) in [5, 5.41) is 0.718. The summed E-state index contributed by atoms with van der Waals surface area (Å²) < 4.78 is 24.5. The molecule has 0 aliphatic rings. The van der Waals surface area contributed by atoms with Crippen LogP contribution >= 0.6 is 15.9 Å². The van der Waals surface area contributed by atoms with Crippen molar-refractivity contribution in [2.75, 3.05) is 11.1 Å². The lowest BCUT2D eigenvalue weighted by Gasteiger charge is -2.18. The highest BCUT2D eigenvalue weighted by Gasteiger charge is 2.22. The minimum atomic E-state index is -3.17. The van der Waals surface area contributed by atoms with Gasteiger partial charge in [0.15, 0.2) is 9.84 Å². The van der Waals surface area contributed by atoms with E-state index in [9.17, 15) is 8.42 Å². The van der Waals surface area contributed by atoms with Crippen molar-refractivity contribution in [3.8, 4) is 0 Å². The topological polar surface area (TPSA) is 34.1 Å². The van der Waals surface area contributed by atoms with Crippen molar-refractivity contribution in [1.29, 1.82) is 0 Å². The molecule has 4 heteroatoms. The molecule has 1 rings (SSSR count). The second-order valence-electron chi connectivity index (χ2n) is 4.76. The maximum absolute atomic E-state index is 12.2. The van der Waals surface area contributed by atoms with Crippen LogP contribution in [0.1, 0.15) is 19.4 Å². The Morgan fingerprint density at radius 1 is 1.29 bits per heavy atom. The summed E-state index contributed by atoms with van der Waals surface area (Å²) in [7, 11) is -3.17. The molecule has 2 nitrogen and oxygen atoms in total. The lowest BCUT2D eigenvalue weighted by molar-refractivity contribution is 0.461. The Balaban J connectivity index is 2.96. The molecule has 96 valence electrons. The highest BCUT2D eigenvalue weighted by Crippen LogP contribution is 2.21. The third-order valence-electron chi connectivity index (χ3n) is 2.92. The Morgan fingerprint density at radius 2 is 1.94 bits per heavy atom. The number of alkyl halides is 1. The lowest BCUT2D eigenvalue weighted by Crippen LogP contribution is -2.22. The van der Waals surface area contributed by atoms with Gasteiger partial charge in [-0.25, -0.2) is 8.42 Å². The molecule has 0 saturated heterocycles. The van der Waals surface area contributed by atoms with E-state index in [0.717, 1.165) is 10.9 Å². The van der Waals surface area contributed by atoms with E-state index >= 15 is 0 Å². The van der Waals surface area contributed by atoms with E-state index in [-0.39, 0.29) is 11.7 Å². The van der Waals surface area contributed by atoms with E-state index in [1.54, 1.807) is 18.2 Å². The number of rotatable bonds is 5. The molecule has 0 spiro atoms. The van der Waals surface area contributed by atoms with E-state index < -0.39 is 9.84 Å². The molecule has 0 heterocycles. The minimum absolute atomic E-state index is 0.153. The van der Waals surface area contributed by atoms with Gasteiger partial charge in [-0.2, -0.15) is 0 Å². The Kier molecular flexibility index (Phi) is 5.20. The van der Waals surface area contributed by atoms with Crippen LogP contribution in [-0.4, -0.2) is 19.5 Å². The van der Waals surface area contributed by atoms with Gasteiger partial charge in [0.05, 0.1) is 10.6 Å². The third-order valence-corrected chi connectivity index (χ3v) is 5.59. The van der Waals surface area contributed by atoms with Crippen molar-refractivity contribution < 1.29 is 8.42 Å². The van der Waals surface area contributed by atoms with E-state index in [1.807, 2.05) is 13.0 Å². The Bertz CT molecular complexity index is 466. The van der Waals surface area contributed by atoms with Crippen molar-refractivity contribution in [1.82, 2.24) is 0 Å². The minimum Gasteiger partial charge on any atom is -0.224 e. The monoisotopic (exact) mass is 318 g/mol. The summed E-state index contributed by atoms with van der Waals surface area (Å²) in [5.41, 5.74) is 0.978. The molecular formula is C13H19BrO2S. The average molecular weight is 319 g/mol. The van der Waals surface area contributed by atoms with Crippen LogP contribution in [0.25, 0.3) is 0 Å². The van der Waals surface area contributed by atoms with Crippen molar-refractivity contribution in [3.63, 3.8) is 0 Å².